The summed E-state index contributed by atoms with van der Waals surface area (Å²) in [4.78, 5) is 38.0. The first-order chi connectivity index (χ1) is 22.0. The monoisotopic (exact) mass is 660 g/mol. The maximum absolute atomic E-state index is 14.2. The van der Waals surface area contributed by atoms with Crippen LogP contribution in [0.15, 0.2) is 36.9 Å². The summed E-state index contributed by atoms with van der Waals surface area (Å²) in [5.41, 5.74) is 1.80. The number of aryl methyl sites for hydroxylation is 1. The Morgan fingerprint density at radius 1 is 1.07 bits per heavy atom. The summed E-state index contributed by atoms with van der Waals surface area (Å²) >= 11 is 0. The van der Waals surface area contributed by atoms with E-state index in [4.69, 9.17) is 28.0 Å². The third-order valence-electron chi connectivity index (χ3n) is 6.92. The minimum atomic E-state index is -4.25. The van der Waals surface area contributed by atoms with Gasteiger partial charge in [-0.15, -0.1) is 0 Å². The second-order valence-electron chi connectivity index (χ2n) is 11.7. The summed E-state index contributed by atoms with van der Waals surface area (Å²) in [6.07, 6.45) is 3.48. The summed E-state index contributed by atoms with van der Waals surface area (Å²) < 4.78 is 50.1. The van der Waals surface area contributed by atoms with Crippen molar-refractivity contribution in [1.29, 1.82) is 0 Å². The number of para-hydroxylation sites is 1. The van der Waals surface area contributed by atoms with Crippen molar-refractivity contribution in [2.45, 2.75) is 97.1 Å². The molecular formula is C30H41N6O9P. The lowest BCUT2D eigenvalue weighted by atomic mass is 10.1. The van der Waals surface area contributed by atoms with Crippen LogP contribution in [-0.4, -0.2) is 75.3 Å². The predicted octanol–water partition coefficient (Wildman–Crippen LogP) is 4.29. The summed E-state index contributed by atoms with van der Waals surface area (Å²) in [7, 11) is -4.25. The van der Waals surface area contributed by atoms with Crippen molar-refractivity contribution in [2.24, 2.45) is 0 Å². The van der Waals surface area contributed by atoms with E-state index < -0.39 is 32.3 Å². The van der Waals surface area contributed by atoms with E-state index in [0.717, 1.165) is 12.8 Å². The third-order valence-corrected chi connectivity index (χ3v) is 8.54. The molecule has 3 heterocycles. The van der Waals surface area contributed by atoms with Crippen LogP contribution >= 0.6 is 7.75 Å². The van der Waals surface area contributed by atoms with Crippen molar-refractivity contribution in [1.82, 2.24) is 24.6 Å². The number of ether oxygens (including phenoxy) is 4. The molecule has 3 aromatic rings. The van der Waals surface area contributed by atoms with Crippen LogP contribution in [0.25, 0.3) is 11.2 Å². The Morgan fingerprint density at radius 2 is 1.83 bits per heavy atom. The number of esters is 2. The van der Waals surface area contributed by atoms with Gasteiger partial charge < -0.3 is 28.8 Å². The molecule has 2 aliphatic rings. The summed E-state index contributed by atoms with van der Waals surface area (Å²) in [5, 5.41) is 6.03. The minimum Gasteiger partial charge on any atom is -0.463 e. The second-order valence-corrected chi connectivity index (χ2v) is 13.4. The first-order valence-corrected chi connectivity index (χ1v) is 16.9. The zero-order chi connectivity index (χ0) is 32.8. The molecular weight excluding hydrogens is 619 g/mol. The molecule has 1 saturated heterocycles. The molecule has 16 heteroatoms. The van der Waals surface area contributed by atoms with Crippen molar-refractivity contribution < 1.29 is 42.1 Å². The number of nitrogens with one attached hydrogen (secondary N) is 2. The molecule has 4 atom stereocenters. The van der Waals surface area contributed by atoms with Gasteiger partial charge in [-0.1, -0.05) is 18.2 Å². The van der Waals surface area contributed by atoms with Crippen LogP contribution in [0.3, 0.4) is 0 Å². The number of fused-ring (bicyclic) bond motifs is 1. The lowest BCUT2D eigenvalue weighted by molar-refractivity contribution is -0.149. The first-order valence-electron chi connectivity index (χ1n) is 15.4. The molecule has 15 nitrogen and oxygen atoms in total. The van der Waals surface area contributed by atoms with Crippen LogP contribution in [0.4, 0.5) is 5.82 Å². The molecule has 1 saturated carbocycles. The number of aromatic nitrogens is 4. The Hall–Kier alpha value is -3.62. The van der Waals surface area contributed by atoms with Gasteiger partial charge in [-0.05, 0) is 65.5 Å². The molecule has 1 aromatic carbocycles. The van der Waals surface area contributed by atoms with E-state index in [1.807, 2.05) is 0 Å². The Balaban J connectivity index is 1.27. The SMILES string of the molecule is CC(C)OC(=O)CCc1ccccc1OP(=O)(N[C@@H](C)C(=O)OC(C)C)OC[C@@H]1OC[C@H](n2cnc3c(NC4CC4)ncnc32)O1. The molecule has 2 fully saturated rings. The third kappa shape index (κ3) is 9.01. The average molecular weight is 661 g/mol. The number of nitrogens with zero attached hydrogens (tertiary/aromatic N) is 4. The van der Waals surface area contributed by atoms with Gasteiger partial charge in [0, 0.05) is 12.5 Å². The molecule has 2 N–H and O–H groups in total. The van der Waals surface area contributed by atoms with Gasteiger partial charge in [0.25, 0.3) is 0 Å². The van der Waals surface area contributed by atoms with Crippen molar-refractivity contribution in [3.8, 4) is 5.75 Å². The van der Waals surface area contributed by atoms with E-state index in [1.54, 1.807) is 62.9 Å². The van der Waals surface area contributed by atoms with Crippen LogP contribution < -0.4 is 14.9 Å². The number of hydrogen-bond acceptors (Lipinski definition) is 13. The second kappa shape index (κ2) is 14.9. The molecule has 0 bridgehead atoms. The predicted molar refractivity (Wildman–Crippen MR) is 166 cm³/mol. The number of anilines is 1. The Kier molecular flexibility index (Phi) is 10.9. The lowest BCUT2D eigenvalue weighted by Gasteiger charge is -2.25. The van der Waals surface area contributed by atoms with Crippen molar-refractivity contribution >= 4 is 36.7 Å². The summed E-state index contributed by atoms with van der Waals surface area (Å²) in [6.45, 7) is 8.32. The number of imidazole rings is 1. The topological polar surface area (TPSA) is 174 Å². The van der Waals surface area contributed by atoms with E-state index in [-0.39, 0.29) is 50.0 Å². The molecule has 46 heavy (non-hydrogen) atoms. The van der Waals surface area contributed by atoms with Crippen LogP contribution in [0, 0.1) is 0 Å². The number of carbonyl (C=O) groups excluding carboxylic acids is 2. The van der Waals surface area contributed by atoms with Gasteiger partial charge in [0.2, 0.25) is 0 Å². The van der Waals surface area contributed by atoms with E-state index in [0.29, 0.717) is 28.6 Å². The molecule has 5 rings (SSSR count). The van der Waals surface area contributed by atoms with Crippen LogP contribution in [0.2, 0.25) is 0 Å². The highest BCUT2D eigenvalue weighted by molar-refractivity contribution is 7.52. The molecule has 250 valence electrons. The molecule has 0 radical (unpaired) electrons. The Labute approximate surface area is 267 Å². The molecule has 1 aliphatic carbocycles. The van der Waals surface area contributed by atoms with Crippen LogP contribution in [0.1, 0.15) is 65.7 Å². The number of benzene rings is 1. The fourth-order valence-corrected chi connectivity index (χ4v) is 6.14. The van der Waals surface area contributed by atoms with Gasteiger partial charge in [-0.25, -0.2) is 19.5 Å². The van der Waals surface area contributed by atoms with E-state index in [9.17, 15) is 14.2 Å². The van der Waals surface area contributed by atoms with Gasteiger partial charge in [0.05, 0.1) is 25.1 Å². The first kappa shape index (κ1) is 33.7. The normalized spacial score (nSPS) is 20.1. The average Bonchev–Trinajstić information content (AvgIpc) is 3.50. The molecule has 1 unspecified atom stereocenters. The summed E-state index contributed by atoms with van der Waals surface area (Å²) in [5.74, 6) is -0.127. The fourth-order valence-electron chi connectivity index (χ4n) is 4.63. The zero-order valence-corrected chi connectivity index (χ0v) is 27.5. The highest BCUT2D eigenvalue weighted by Crippen LogP contribution is 2.46. The smallest absolute Gasteiger partial charge is 0.459 e. The molecule has 2 aromatic heterocycles. The highest BCUT2D eigenvalue weighted by atomic mass is 31.2. The molecule has 0 spiro atoms. The maximum Gasteiger partial charge on any atom is 0.459 e. The van der Waals surface area contributed by atoms with Crippen molar-refractivity contribution in [3.63, 3.8) is 0 Å². The van der Waals surface area contributed by atoms with Crippen LogP contribution in [-0.2, 0) is 44.0 Å². The Bertz CT molecular complexity index is 1560. The van der Waals surface area contributed by atoms with Crippen molar-refractivity contribution in [2.75, 3.05) is 18.5 Å². The molecule has 0 amide bonds. The maximum atomic E-state index is 14.2. The summed E-state index contributed by atoms with van der Waals surface area (Å²) in [6, 6.07) is 6.17. The molecule has 1 aliphatic heterocycles. The fraction of sp³-hybridized carbons (Fsp3) is 0.567. The van der Waals surface area contributed by atoms with E-state index in [2.05, 4.69) is 25.4 Å². The van der Waals surface area contributed by atoms with Crippen molar-refractivity contribution in [3.05, 3.63) is 42.5 Å². The number of rotatable bonds is 16. The highest BCUT2D eigenvalue weighted by Gasteiger charge is 2.37. The van der Waals surface area contributed by atoms with Gasteiger partial charge >= 0.3 is 19.7 Å². The minimum absolute atomic E-state index is 0.0887. The zero-order valence-electron chi connectivity index (χ0n) is 26.6. The van der Waals surface area contributed by atoms with E-state index >= 15 is 0 Å². The van der Waals surface area contributed by atoms with Gasteiger partial charge in [0.15, 0.2) is 29.5 Å². The Morgan fingerprint density at radius 3 is 2.57 bits per heavy atom. The van der Waals surface area contributed by atoms with Gasteiger partial charge in [-0.3, -0.25) is 18.7 Å². The van der Waals surface area contributed by atoms with Crippen LogP contribution in [0.5, 0.6) is 5.75 Å². The lowest BCUT2D eigenvalue weighted by Crippen LogP contribution is -2.36. The van der Waals surface area contributed by atoms with E-state index in [1.165, 1.54) is 13.3 Å². The standard InChI is InChI=1S/C30H41N6O9P/c1-18(2)42-25(37)13-10-21-8-6-7-9-23(21)45-46(39,35-20(5)30(38)43-19(3)4)41-15-26-40-14-24(44-26)36-17-33-27-28(34-22-11-12-22)31-16-32-29(27)36/h6-9,16-20,22,24,26H,10-15H2,1-5H3,(H,35,39)(H,31,32,34)/t20-,24+,26+,46?/m0/s1. The van der Waals surface area contributed by atoms with Gasteiger partial charge in [0.1, 0.15) is 24.7 Å². The van der Waals surface area contributed by atoms with Gasteiger partial charge in [-0.2, -0.15) is 5.09 Å². The largest absolute Gasteiger partial charge is 0.463 e. The number of hydrogen-bond donors (Lipinski definition) is 2. The number of carbonyl (C=O) groups is 2. The quantitative estimate of drug-likeness (QED) is 0.164.